The van der Waals surface area contributed by atoms with Crippen LogP contribution in [0.2, 0.25) is 0 Å². The maximum absolute atomic E-state index is 12.8. The largest absolute Gasteiger partial charge is 0.495 e. The number of nitro groups is 1. The summed E-state index contributed by atoms with van der Waals surface area (Å²) in [6, 6.07) is 3.60. The summed E-state index contributed by atoms with van der Waals surface area (Å²) in [6.07, 6.45) is 0. The van der Waals surface area contributed by atoms with Gasteiger partial charge in [-0.25, -0.2) is 8.42 Å². The first-order chi connectivity index (χ1) is 10.2. The van der Waals surface area contributed by atoms with E-state index in [2.05, 4.69) is 0 Å². The lowest BCUT2D eigenvalue weighted by Gasteiger charge is -2.36. The number of thioether (sulfide) groups is 1. The Hall–Kier alpha value is -1.32. The summed E-state index contributed by atoms with van der Waals surface area (Å²) in [4.78, 5) is 10.1. The molecule has 0 aromatic heterocycles. The molecule has 0 aliphatic carbocycles. The van der Waals surface area contributed by atoms with Gasteiger partial charge in [-0.05, 0) is 19.9 Å². The summed E-state index contributed by atoms with van der Waals surface area (Å²) >= 11 is 1.71. The minimum absolute atomic E-state index is 0.113. The number of rotatable bonds is 4. The van der Waals surface area contributed by atoms with Crippen molar-refractivity contribution in [1.82, 2.24) is 4.31 Å². The Morgan fingerprint density at radius 2 is 2.09 bits per heavy atom. The molecule has 1 heterocycles. The first-order valence-electron chi connectivity index (χ1n) is 6.64. The molecule has 0 atom stereocenters. The van der Waals surface area contributed by atoms with Gasteiger partial charge in [-0.1, -0.05) is 0 Å². The lowest BCUT2D eigenvalue weighted by atomic mass is 10.2. The van der Waals surface area contributed by atoms with Gasteiger partial charge < -0.3 is 4.74 Å². The third kappa shape index (κ3) is 3.36. The van der Waals surface area contributed by atoms with E-state index in [0.29, 0.717) is 18.8 Å². The molecule has 1 fully saturated rings. The predicted octanol–water partition coefficient (Wildman–Crippen LogP) is 2.12. The number of ether oxygens (including phenoxy) is 1. The van der Waals surface area contributed by atoms with Crippen molar-refractivity contribution in [1.29, 1.82) is 0 Å². The summed E-state index contributed by atoms with van der Waals surface area (Å²) in [5.74, 6) is 0.797. The van der Waals surface area contributed by atoms with Crippen molar-refractivity contribution in [2.45, 2.75) is 23.5 Å². The molecule has 9 heteroatoms. The second-order valence-electron chi connectivity index (χ2n) is 5.54. The van der Waals surface area contributed by atoms with Crippen LogP contribution in [0.15, 0.2) is 23.1 Å². The van der Waals surface area contributed by atoms with Crippen LogP contribution < -0.4 is 4.74 Å². The minimum atomic E-state index is -3.84. The van der Waals surface area contributed by atoms with E-state index in [9.17, 15) is 18.5 Å². The third-order valence-corrected chi connectivity index (χ3v) is 6.53. The highest BCUT2D eigenvalue weighted by Crippen LogP contribution is 2.35. The maximum atomic E-state index is 12.8. The van der Waals surface area contributed by atoms with Gasteiger partial charge in [0.1, 0.15) is 10.6 Å². The Morgan fingerprint density at radius 1 is 1.41 bits per heavy atom. The molecule has 0 radical (unpaired) electrons. The van der Waals surface area contributed by atoms with E-state index in [4.69, 9.17) is 4.74 Å². The van der Waals surface area contributed by atoms with Gasteiger partial charge in [-0.2, -0.15) is 16.1 Å². The highest BCUT2D eigenvalue weighted by molar-refractivity contribution is 8.00. The topological polar surface area (TPSA) is 89.7 Å². The van der Waals surface area contributed by atoms with Gasteiger partial charge in [0.25, 0.3) is 5.69 Å². The Kier molecular flexibility index (Phi) is 4.69. The summed E-state index contributed by atoms with van der Waals surface area (Å²) in [5, 5.41) is 10.9. The molecule has 0 N–H and O–H groups in total. The summed E-state index contributed by atoms with van der Waals surface area (Å²) in [7, 11) is -2.50. The molecule has 0 saturated carbocycles. The monoisotopic (exact) mass is 346 g/mol. The van der Waals surface area contributed by atoms with Crippen molar-refractivity contribution in [3.8, 4) is 5.75 Å². The van der Waals surface area contributed by atoms with Gasteiger partial charge in [0.2, 0.25) is 10.0 Å². The van der Waals surface area contributed by atoms with E-state index in [0.717, 1.165) is 6.07 Å². The number of benzene rings is 1. The zero-order chi connectivity index (χ0) is 16.5. The number of methoxy groups -OCH3 is 1. The van der Waals surface area contributed by atoms with Crippen LogP contribution in [0, 0.1) is 10.1 Å². The first-order valence-corrected chi connectivity index (χ1v) is 9.06. The Balaban J connectivity index is 2.48. The lowest BCUT2D eigenvalue weighted by molar-refractivity contribution is -0.385. The zero-order valence-electron chi connectivity index (χ0n) is 12.6. The molecule has 1 aliphatic heterocycles. The van der Waals surface area contributed by atoms with Crippen LogP contribution in [0.5, 0.6) is 5.75 Å². The molecule has 0 spiro atoms. The molecule has 0 amide bonds. The zero-order valence-corrected chi connectivity index (χ0v) is 14.2. The maximum Gasteiger partial charge on any atom is 0.271 e. The molecule has 1 saturated heterocycles. The molecular formula is C13H18N2O5S2. The van der Waals surface area contributed by atoms with E-state index in [-0.39, 0.29) is 21.1 Å². The number of nitrogens with zero attached hydrogens (tertiary/aromatic N) is 2. The average molecular weight is 346 g/mol. The normalized spacial score (nSPS) is 18.9. The number of hydrogen-bond donors (Lipinski definition) is 0. The minimum Gasteiger partial charge on any atom is -0.495 e. The fourth-order valence-corrected chi connectivity index (χ4v) is 5.38. The number of nitro benzene ring substituents is 1. The SMILES string of the molecule is COc1ccc([N+](=O)[O-])cc1S(=O)(=O)N1CCSC(C)(C)C1. The van der Waals surface area contributed by atoms with E-state index in [1.165, 1.54) is 23.5 Å². The lowest BCUT2D eigenvalue weighted by Crippen LogP contribution is -2.46. The van der Waals surface area contributed by atoms with E-state index in [1.807, 2.05) is 13.8 Å². The van der Waals surface area contributed by atoms with Gasteiger partial charge in [0.15, 0.2) is 0 Å². The second-order valence-corrected chi connectivity index (χ2v) is 9.25. The Morgan fingerprint density at radius 3 is 2.64 bits per heavy atom. The molecule has 22 heavy (non-hydrogen) atoms. The highest BCUT2D eigenvalue weighted by atomic mass is 32.2. The molecule has 122 valence electrons. The predicted molar refractivity (Wildman–Crippen MR) is 84.9 cm³/mol. The Labute approximate surface area is 133 Å². The quantitative estimate of drug-likeness (QED) is 0.613. The van der Waals surface area contributed by atoms with Gasteiger partial charge in [-0.15, -0.1) is 0 Å². The van der Waals surface area contributed by atoms with Crippen LogP contribution >= 0.6 is 11.8 Å². The van der Waals surface area contributed by atoms with Gasteiger partial charge in [0.05, 0.1) is 12.0 Å². The van der Waals surface area contributed by atoms with Crippen LogP contribution in [0.3, 0.4) is 0 Å². The van der Waals surface area contributed by atoms with Gasteiger partial charge in [-0.3, -0.25) is 10.1 Å². The first kappa shape index (κ1) is 17.0. The van der Waals surface area contributed by atoms with Gasteiger partial charge >= 0.3 is 0 Å². The van der Waals surface area contributed by atoms with Crippen LogP contribution in [0.4, 0.5) is 5.69 Å². The third-order valence-electron chi connectivity index (χ3n) is 3.37. The van der Waals surface area contributed by atoms with Crippen LogP contribution in [-0.2, 0) is 10.0 Å². The standard InChI is InChI=1S/C13H18N2O5S2/c1-13(2)9-14(6-7-21-13)22(18,19)12-8-10(15(16)17)4-5-11(12)20-3/h4-5,8H,6-7,9H2,1-3H3. The van der Waals surface area contributed by atoms with Crippen LogP contribution in [0.25, 0.3) is 0 Å². The molecule has 2 rings (SSSR count). The molecule has 1 aliphatic rings. The smallest absolute Gasteiger partial charge is 0.271 e. The Bertz CT molecular complexity index is 688. The highest BCUT2D eigenvalue weighted by Gasteiger charge is 2.36. The molecule has 0 bridgehead atoms. The van der Waals surface area contributed by atoms with Crippen molar-refractivity contribution in [2.24, 2.45) is 0 Å². The molecular weight excluding hydrogens is 328 g/mol. The van der Waals surface area contributed by atoms with E-state index < -0.39 is 14.9 Å². The van der Waals surface area contributed by atoms with Crippen molar-refractivity contribution in [3.63, 3.8) is 0 Å². The van der Waals surface area contributed by atoms with Crippen molar-refractivity contribution < 1.29 is 18.1 Å². The summed E-state index contributed by atoms with van der Waals surface area (Å²) < 4.78 is 31.9. The molecule has 1 aromatic rings. The second kappa shape index (κ2) is 6.05. The molecule has 7 nitrogen and oxygen atoms in total. The number of hydrogen-bond acceptors (Lipinski definition) is 6. The molecule has 0 unspecified atom stereocenters. The molecule has 1 aromatic carbocycles. The number of non-ortho nitro benzene ring substituents is 1. The van der Waals surface area contributed by atoms with Crippen molar-refractivity contribution >= 4 is 27.5 Å². The summed E-state index contributed by atoms with van der Waals surface area (Å²) in [5.41, 5.74) is -0.273. The van der Waals surface area contributed by atoms with Gasteiger partial charge in [0, 0.05) is 35.7 Å². The van der Waals surface area contributed by atoms with E-state index >= 15 is 0 Å². The van der Waals surface area contributed by atoms with Crippen molar-refractivity contribution in [2.75, 3.05) is 26.0 Å². The fraction of sp³-hybridized carbons (Fsp3) is 0.538. The average Bonchev–Trinajstić information content (AvgIpc) is 2.45. The number of sulfonamides is 1. The summed E-state index contributed by atoms with van der Waals surface area (Å²) in [6.45, 7) is 4.68. The van der Waals surface area contributed by atoms with E-state index in [1.54, 1.807) is 11.8 Å². The fourth-order valence-electron chi connectivity index (χ4n) is 2.30. The van der Waals surface area contributed by atoms with Crippen molar-refractivity contribution in [3.05, 3.63) is 28.3 Å². The van der Waals surface area contributed by atoms with Crippen LogP contribution in [0.1, 0.15) is 13.8 Å². The van der Waals surface area contributed by atoms with Crippen LogP contribution in [-0.4, -0.2) is 48.3 Å².